The lowest BCUT2D eigenvalue weighted by Gasteiger charge is -2.23. The minimum atomic E-state index is -0.357. The lowest BCUT2D eigenvalue weighted by atomic mass is 10.1. The van der Waals surface area contributed by atoms with Crippen LogP contribution in [0.2, 0.25) is 0 Å². The van der Waals surface area contributed by atoms with E-state index >= 15 is 0 Å². The summed E-state index contributed by atoms with van der Waals surface area (Å²) in [4.78, 5) is 22.9. The second-order valence-electron chi connectivity index (χ2n) is 5.38. The number of benzene rings is 1. The molecule has 0 spiro atoms. The summed E-state index contributed by atoms with van der Waals surface area (Å²) in [5.74, 6) is -0.561. The van der Waals surface area contributed by atoms with Gasteiger partial charge in [-0.2, -0.15) is 0 Å². The van der Waals surface area contributed by atoms with Crippen LogP contribution < -0.4 is 4.90 Å². The molecule has 2 heterocycles. The first-order valence-corrected chi connectivity index (χ1v) is 7.53. The smallest absolute Gasteiger partial charge is 0.258 e. The van der Waals surface area contributed by atoms with E-state index < -0.39 is 0 Å². The van der Waals surface area contributed by atoms with Gasteiger partial charge in [0.2, 0.25) is 0 Å². The topological polar surface area (TPSA) is 46.1 Å². The van der Waals surface area contributed by atoms with Crippen LogP contribution in [0, 0.1) is 12.7 Å². The third-order valence-electron chi connectivity index (χ3n) is 3.68. The van der Waals surface area contributed by atoms with E-state index in [-0.39, 0.29) is 11.7 Å². The summed E-state index contributed by atoms with van der Waals surface area (Å²) < 4.78 is 13.3. The van der Waals surface area contributed by atoms with E-state index in [0.29, 0.717) is 23.4 Å². The molecule has 0 saturated heterocycles. The fourth-order valence-electron chi connectivity index (χ4n) is 2.47. The number of pyridine rings is 2. The SMILES string of the molecule is Cc1cc(F)ccc1C(=O)N(Cc1ccccn1)c1ccncc1. The third-order valence-corrected chi connectivity index (χ3v) is 3.68. The zero-order valence-electron chi connectivity index (χ0n) is 13.2. The first kappa shape index (κ1) is 15.8. The monoisotopic (exact) mass is 321 g/mol. The normalized spacial score (nSPS) is 10.4. The molecule has 0 radical (unpaired) electrons. The van der Waals surface area contributed by atoms with E-state index in [1.54, 1.807) is 42.5 Å². The molecule has 0 aliphatic heterocycles. The van der Waals surface area contributed by atoms with Gasteiger partial charge in [0.15, 0.2) is 0 Å². The predicted octanol–water partition coefficient (Wildman–Crippen LogP) is 3.77. The molecule has 1 aromatic carbocycles. The van der Waals surface area contributed by atoms with E-state index in [2.05, 4.69) is 9.97 Å². The van der Waals surface area contributed by atoms with E-state index in [0.717, 1.165) is 5.69 Å². The van der Waals surface area contributed by atoms with Gasteiger partial charge in [0.1, 0.15) is 5.82 Å². The standard InChI is InChI=1S/C19H16FN3O/c1-14-12-15(20)5-6-18(14)19(24)23(17-7-10-21-11-8-17)13-16-4-2-3-9-22-16/h2-12H,13H2,1H3. The van der Waals surface area contributed by atoms with E-state index in [1.165, 1.54) is 18.2 Å². The second-order valence-corrected chi connectivity index (χ2v) is 5.38. The molecule has 0 unspecified atom stereocenters. The predicted molar refractivity (Wildman–Crippen MR) is 90.1 cm³/mol. The fourth-order valence-corrected chi connectivity index (χ4v) is 2.47. The molecule has 0 saturated carbocycles. The second kappa shape index (κ2) is 7.00. The van der Waals surface area contributed by atoms with Gasteiger partial charge in [-0.15, -0.1) is 0 Å². The summed E-state index contributed by atoms with van der Waals surface area (Å²) in [5, 5.41) is 0. The van der Waals surface area contributed by atoms with Crippen LogP contribution in [-0.2, 0) is 6.54 Å². The van der Waals surface area contributed by atoms with Gasteiger partial charge < -0.3 is 4.90 Å². The largest absolute Gasteiger partial charge is 0.302 e. The Balaban J connectivity index is 1.99. The molecule has 120 valence electrons. The van der Waals surface area contributed by atoms with Gasteiger partial charge in [-0.1, -0.05) is 6.07 Å². The maximum absolute atomic E-state index is 13.3. The maximum atomic E-state index is 13.3. The van der Waals surface area contributed by atoms with Crippen molar-refractivity contribution in [2.75, 3.05) is 4.90 Å². The Bertz CT molecular complexity index is 838. The number of carbonyl (C=O) groups excluding carboxylic acids is 1. The molecule has 0 aliphatic carbocycles. The van der Waals surface area contributed by atoms with Crippen molar-refractivity contribution in [2.24, 2.45) is 0 Å². The average Bonchev–Trinajstić information content (AvgIpc) is 2.61. The van der Waals surface area contributed by atoms with Crippen molar-refractivity contribution in [1.29, 1.82) is 0 Å². The molecule has 0 fully saturated rings. The summed E-state index contributed by atoms with van der Waals surface area (Å²) >= 11 is 0. The molecule has 0 bridgehead atoms. The number of carbonyl (C=O) groups is 1. The fraction of sp³-hybridized carbons (Fsp3) is 0.105. The van der Waals surface area contributed by atoms with Crippen LogP contribution >= 0.6 is 0 Å². The number of hydrogen-bond donors (Lipinski definition) is 0. The third kappa shape index (κ3) is 3.46. The Morgan fingerprint density at radius 1 is 1.08 bits per heavy atom. The minimum absolute atomic E-state index is 0.204. The Morgan fingerprint density at radius 2 is 1.88 bits per heavy atom. The van der Waals surface area contributed by atoms with Gasteiger partial charge in [-0.05, 0) is 55.0 Å². The van der Waals surface area contributed by atoms with Crippen LogP contribution in [0.25, 0.3) is 0 Å². The van der Waals surface area contributed by atoms with Crippen LogP contribution in [0.1, 0.15) is 21.6 Å². The minimum Gasteiger partial charge on any atom is -0.302 e. The average molecular weight is 321 g/mol. The molecular formula is C19H16FN3O. The van der Waals surface area contributed by atoms with Gasteiger partial charge in [0, 0.05) is 29.8 Å². The summed E-state index contributed by atoms with van der Waals surface area (Å²) in [6, 6.07) is 13.3. The zero-order valence-corrected chi connectivity index (χ0v) is 13.2. The van der Waals surface area contributed by atoms with Gasteiger partial charge in [0.05, 0.1) is 12.2 Å². The summed E-state index contributed by atoms with van der Waals surface area (Å²) in [6.45, 7) is 2.04. The number of aromatic nitrogens is 2. The molecule has 0 N–H and O–H groups in total. The highest BCUT2D eigenvalue weighted by atomic mass is 19.1. The first-order chi connectivity index (χ1) is 11.6. The lowest BCUT2D eigenvalue weighted by molar-refractivity contribution is 0.0984. The molecule has 4 nitrogen and oxygen atoms in total. The summed E-state index contributed by atoms with van der Waals surface area (Å²) in [6.07, 6.45) is 4.95. The van der Waals surface area contributed by atoms with Gasteiger partial charge in [0.25, 0.3) is 5.91 Å². The Labute approximate surface area is 139 Å². The highest BCUT2D eigenvalue weighted by molar-refractivity contribution is 6.06. The van der Waals surface area contributed by atoms with Crippen LogP contribution in [0.3, 0.4) is 0 Å². The van der Waals surface area contributed by atoms with Crippen LogP contribution in [0.15, 0.2) is 67.1 Å². The van der Waals surface area contributed by atoms with Crippen LogP contribution in [0.4, 0.5) is 10.1 Å². The number of hydrogen-bond acceptors (Lipinski definition) is 3. The van der Waals surface area contributed by atoms with Crippen molar-refractivity contribution >= 4 is 11.6 Å². The Hall–Kier alpha value is -3.08. The van der Waals surface area contributed by atoms with Crippen molar-refractivity contribution < 1.29 is 9.18 Å². The molecule has 3 aromatic rings. The molecule has 0 atom stereocenters. The maximum Gasteiger partial charge on any atom is 0.258 e. The number of halogens is 1. The first-order valence-electron chi connectivity index (χ1n) is 7.53. The van der Waals surface area contributed by atoms with Gasteiger partial charge >= 0.3 is 0 Å². The highest BCUT2D eigenvalue weighted by Crippen LogP contribution is 2.21. The van der Waals surface area contributed by atoms with E-state index in [9.17, 15) is 9.18 Å². The van der Waals surface area contributed by atoms with Gasteiger partial charge in [-0.25, -0.2) is 4.39 Å². The van der Waals surface area contributed by atoms with E-state index in [4.69, 9.17) is 0 Å². The van der Waals surface area contributed by atoms with Crippen molar-refractivity contribution in [1.82, 2.24) is 9.97 Å². The molecule has 3 rings (SSSR count). The van der Waals surface area contributed by atoms with Crippen LogP contribution in [0.5, 0.6) is 0 Å². The quantitative estimate of drug-likeness (QED) is 0.735. The van der Waals surface area contributed by atoms with Gasteiger partial charge in [-0.3, -0.25) is 14.8 Å². The molecule has 2 aromatic heterocycles. The zero-order chi connectivity index (χ0) is 16.9. The van der Waals surface area contributed by atoms with Crippen molar-refractivity contribution in [3.8, 4) is 0 Å². The number of rotatable bonds is 4. The molecule has 5 heteroatoms. The van der Waals surface area contributed by atoms with Crippen molar-refractivity contribution in [3.05, 3.63) is 89.8 Å². The molecule has 0 aliphatic rings. The highest BCUT2D eigenvalue weighted by Gasteiger charge is 2.20. The number of aryl methyl sites for hydroxylation is 1. The molecule has 1 amide bonds. The van der Waals surface area contributed by atoms with E-state index in [1.807, 2.05) is 18.2 Å². The molecular weight excluding hydrogens is 305 g/mol. The summed E-state index contributed by atoms with van der Waals surface area (Å²) in [7, 11) is 0. The Kier molecular flexibility index (Phi) is 4.61. The number of anilines is 1. The number of nitrogens with zero attached hydrogens (tertiary/aromatic N) is 3. The Morgan fingerprint density at radius 3 is 2.54 bits per heavy atom. The van der Waals surface area contributed by atoms with Crippen molar-refractivity contribution in [2.45, 2.75) is 13.5 Å². The molecule has 24 heavy (non-hydrogen) atoms. The summed E-state index contributed by atoms with van der Waals surface area (Å²) in [5.41, 5.74) is 2.54. The van der Waals surface area contributed by atoms with Crippen LogP contribution in [-0.4, -0.2) is 15.9 Å². The lowest BCUT2D eigenvalue weighted by Crippen LogP contribution is -2.31. The number of amides is 1. The van der Waals surface area contributed by atoms with Crippen molar-refractivity contribution in [3.63, 3.8) is 0 Å².